The number of carbonyl (C=O) groups is 2. The van der Waals surface area contributed by atoms with E-state index in [-0.39, 0.29) is 30.3 Å². The van der Waals surface area contributed by atoms with Crippen LogP contribution in [0.15, 0.2) is 60.7 Å². The maximum atomic E-state index is 13.7. The molecule has 4 heteroatoms. The summed E-state index contributed by atoms with van der Waals surface area (Å²) in [4.78, 5) is 27.3. The van der Waals surface area contributed by atoms with Crippen molar-refractivity contribution in [2.45, 2.75) is 44.1 Å². The SMILES string of the molecule is COC(=O)CCN(C(=O)C(c1ccccc1)c1ccccc1)C1CCCC1. The monoisotopic (exact) mass is 365 g/mol. The van der Waals surface area contributed by atoms with Gasteiger partial charge in [0, 0.05) is 12.6 Å². The first-order valence-corrected chi connectivity index (χ1v) is 9.68. The largest absolute Gasteiger partial charge is 0.469 e. The molecule has 1 aliphatic rings. The van der Waals surface area contributed by atoms with Crippen molar-refractivity contribution in [1.29, 1.82) is 0 Å². The molecule has 1 saturated carbocycles. The second-order valence-corrected chi connectivity index (χ2v) is 7.05. The third-order valence-corrected chi connectivity index (χ3v) is 5.35. The predicted molar refractivity (Wildman–Crippen MR) is 105 cm³/mol. The fraction of sp³-hybridized carbons (Fsp3) is 0.391. The second kappa shape index (κ2) is 9.36. The van der Waals surface area contributed by atoms with E-state index in [2.05, 4.69) is 0 Å². The normalized spacial score (nSPS) is 14.3. The fourth-order valence-corrected chi connectivity index (χ4v) is 3.94. The van der Waals surface area contributed by atoms with E-state index in [9.17, 15) is 9.59 Å². The molecule has 0 radical (unpaired) electrons. The van der Waals surface area contributed by atoms with Crippen molar-refractivity contribution in [2.24, 2.45) is 0 Å². The van der Waals surface area contributed by atoms with Crippen LogP contribution in [0.5, 0.6) is 0 Å². The smallest absolute Gasteiger partial charge is 0.307 e. The molecule has 3 rings (SSSR count). The van der Waals surface area contributed by atoms with Crippen LogP contribution < -0.4 is 0 Å². The lowest BCUT2D eigenvalue weighted by molar-refractivity contribution is -0.142. The fourth-order valence-electron chi connectivity index (χ4n) is 3.94. The van der Waals surface area contributed by atoms with Gasteiger partial charge in [-0.3, -0.25) is 9.59 Å². The minimum Gasteiger partial charge on any atom is -0.469 e. The number of nitrogens with zero attached hydrogens (tertiary/aromatic N) is 1. The Hall–Kier alpha value is -2.62. The lowest BCUT2D eigenvalue weighted by Gasteiger charge is -2.32. The molecule has 142 valence electrons. The number of hydrogen-bond donors (Lipinski definition) is 0. The van der Waals surface area contributed by atoms with Crippen molar-refractivity contribution < 1.29 is 14.3 Å². The van der Waals surface area contributed by atoms with Crippen LogP contribution in [0.2, 0.25) is 0 Å². The van der Waals surface area contributed by atoms with Gasteiger partial charge in [0.1, 0.15) is 0 Å². The zero-order chi connectivity index (χ0) is 19.1. The Morgan fingerprint density at radius 2 is 1.48 bits per heavy atom. The number of carbonyl (C=O) groups excluding carboxylic acids is 2. The molecular formula is C23H27NO3. The maximum absolute atomic E-state index is 13.7. The number of ether oxygens (including phenoxy) is 1. The van der Waals surface area contributed by atoms with Gasteiger partial charge >= 0.3 is 5.97 Å². The van der Waals surface area contributed by atoms with Crippen LogP contribution in [0, 0.1) is 0 Å². The van der Waals surface area contributed by atoms with Crippen molar-refractivity contribution >= 4 is 11.9 Å². The van der Waals surface area contributed by atoms with Crippen LogP contribution >= 0.6 is 0 Å². The lowest BCUT2D eigenvalue weighted by atomic mass is 9.89. The Kier molecular flexibility index (Phi) is 6.64. The molecule has 27 heavy (non-hydrogen) atoms. The zero-order valence-electron chi connectivity index (χ0n) is 15.8. The molecule has 0 saturated heterocycles. The molecule has 1 amide bonds. The molecule has 1 aliphatic carbocycles. The van der Waals surface area contributed by atoms with E-state index in [1.54, 1.807) is 0 Å². The molecule has 0 heterocycles. The number of methoxy groups -OCH3 is 1. The molecule has 0 bridgehead atoms. The maximum Gasteiger partial charge on any atom is 0.307 e. The first-order valence-electron chi connectivity index (χ1n) is 9.68. The minimum absolute atomic E-state index is 0.0724. The highest BCUT2D eigenvalue weighted by molar-refractivity contribution is 5.88. The Morgan fingerprint density at radius 3 is 1.96 bits per heavy atom. The van der Waals surface area contributed by atoms with Gasteiger partial charge in [0.2, 0.25) is 5.91 Å². The summed E-state index contributed by atoms with van der Waals surface area (Å²) in [7, 11) is 1.39. The summed E-state index contributed by atoms with van der Waals surface area (Å²) < 4.78 is 4.80. The molecule has 2 aromatic rings. The quantitative estimate of drug-likeness (QED) is 0.693. The summed E-state index contributed by atoms with van der Waals surface area (Å²) in [6.45, 7) is 0.409. The first kappa shape index (κ1) is 19.2. The van der Waals surface area contributed by atoms with E-state index in [0.29, 0.717) is 6.54 Å². The van der Waals surface area contributed by atoms with Crippen LogP contribution in [-0.2, 0) is 14.3 Å². The minimum atomic E-state index is -0.356. The van der Waals surface area contributed by atoms with Crippen molar-refractivity contribution in [1.82, 2.24) is 4.90 Å². The van der Waals surface area contributed by atoms with Crippen LogP contribution in [0.4, 0.5) is 0 Å². The van der Waals surface area contributed by atoms with Gasteiger partial charge in [0.15, 0.2) is 0 Å². The average molecular weight is 365 g/mol. The van der Waals surface area contributed by atoms with Gasteiger partial charge in [-0.05, 0) is 24.0 Å². The highest BCUT2D eigenvalue weighted by Gasteiger charge is 2.33. The van der Waals surface area contributed by atoms with E-state index >= 15 is 0 Å². The Balaban J connectivity index is 1.92. The highest BCUT2D eigenvalue weighted by atomic mass is 16.5. The second-order valence-electron chi connectivity index (χ2n) is 7.05. The number of benzene rings is 2. The molecular weight excluding hydrogens is 338 g/mol. The van der Waals surface area contributed by atoms with Crippen LogP contribution in [0.3, 0.4) is 0 Å². The van der Waals surface area contributed by atoms with Crippen molar-refractivity contribution in [3.63, 3.8) is 0 Å². The molecule has 0 aromatic heterocycles. The number of esters is 1. The van der Waals surface area contributed by atoms with Gasteiger partial charge in [0.25, 0.3) is 0 Å². The molecule has 0 spiro atoms. The Bertz CT molecular complexity index is 699. The standard InChI is InChI=1S/C23H27NO3/c1-27-21(25)16-17-24(20-14-8-9-15-20)23(26)22(18-10-4-2-5-11-18)19-12-6-3-7-13-19/h2-7,10-13,20,22H,8-9,14-17H2,1H3. The van der Waals surface area contributed by atoms with E-state index < -0.39 is 0 Å². The molecule has 2 aromatic carbocycles. The molecule has 4 nitrogen and oxygen atoms in total. The number of rotatable bonds is 7. The van der Waals surface area contributed by atoms with Gasteiger partial charge < -0.3 is 9.64 Å². The lowest BCUT2D eigenvalue weighted by Crippen LogP contribution is -2.43. The van der Waals surface area contributed by atoms with Crippen LogP contribution in [-0.4, -0.2) is 36.5 Å². The van der Waals surface area contributed by atoms with Gasteiger partial charge in [-0.2, -0.15) is 0 Å². The van der Waals surface area contributed by atoms with Crippen molar-refractivity contribution in [2.75, 3.05) is 13.7 Å². The van der Waals surface area contributed by atoms with Gasteiger partial charge in [-0.25, -0.2) is 0 Å². The van der Waals surface area contributed by atoms with E-state index in [1.807, 2.05) is 65.6 Å². The molecule has 1 fully saturated rings. The summed E-state index contributed by atoms with van der Waals surface area (Å²) >= 11 is 0. The van der Waals surface area contributed by atoms with Gasteiger partial charge in [-0.1, -0.05) is 73.5 Å². The summed E-state index contributed by atoms with van der Waals surface area (Å²) in [5.74, 6) is -0.560. The molecule has 0 aliphatic heterocycles. The van der Waals surface area contributed by atoms with E-state index in [0.717, 1.165) is 36.8 Å². The van der Waals surface area contributed by atoms with Crippen molar-refractivity contribution in [3.05, 3.63) is 71.8 Å². The summed E-state index contributed by atoms with van der Waals surface area (Å²) in [5, 5.41) is 0. The molecule has 0 N–H and O–H groups in total. The molecule has 0 unspecified atom stereocenters. The third kappa shape index (κ3) is 4.76. The topological polar surface area (TPSA) is 46.6 Å². The number of hydrogen-bond acceptors (Lipinski definition) is 3. The summed E-state index contributed by atoms with van der Waals surface area (Å²) in [6.07, 6.45) is 4.50. The number of amides is 1. The van der Waals surface area contributed by atoms with Crippen LogP contribution in [0.1, 0.15) is 49.1 Å². The van der Waals surface area contributed by atoms with E-state index in [4.69, 9.17) is 4.74 Å². The van der Waals surface area contributed by atoms with Crippen molar-refractivity contribution in [3.8, 4) is 0 Å². The van der Waals surface area contributed by atoms with Gasteiger partial charge in [0.05, 0.1) is 19.4 Å². The summed E-state index contributed by atoms with van der Waals surface area (Å²) in [6, 6.07) is 20.0. The van der Waals surface area contributed by atoms with Crippen LogP contribution in [0.25, 0.3) is 0 Å². The average Bonchev–Trinajstić information content (AvgIpc) is 3.24. The Labute approximate surface area is 161 Å². The first-order chi connectivity index (χ1) is 13.2. The summed E-state index contributed by atoms with van der Waals surface area (Å²) in [5.41, 5.74) is 1.96. The Morgan fingerprint density at radius 1 is 0.963 bits per heavy atom. The highest BCUT2D eigenvalue weighted by Crippen LogP contribution is 2.31. The molecule has 0 atom stereocenters. The van der Waals surface area contributed by atoms with Gasteiger partial charge in [-0.15, -0.1) is 0 Å². The zero-order valence-corrected chi connectivity index (χ0v) is 15.8. The third-order valence-electron chi connectivity index (χ3n) is 5.35. The predicted octanol–water partition coefficient (Wildman–Crippen LogP) is 4.15. The van der Waals surface area contributed by atoms with E-state index in [1.165, 1.54) is 7.11 Å².